The zero-order chi connectivity index (χ0) is 12.4. The van der Waals surface area contributed by atoms with Gasteiger partial charge in [-0.1, -0.05) is 26.2 Å². The van der Waals surface area contributed by atoms with Crippen molar-refractivity contribution in [2.45, 2.75) is 76.8 Å². The Hall–Kier alpha value is -0.0800. The van der Waals surface area contributed by atoms with Crippen molar-refractivity contribution in [3.05, 3.63) is 0 Å². The quantitative estimate of drug-likeness (QED) is 0.783. The van der Waals surface area contributed by atoms with Gasteiger partial charge in [-0.15, -0.1) is 0 Å². The van der Waals surface area contributed by atoms with Gasteiger partial charge in [-0.2, -0.15) is 0 Å². The third-order valence-corrected chi connectivity index (χ3v) is 6.00. The Labute approximate surface area is 112 Å². The molecule has 104 valence electrons. The van der Waals surface area contributed by atoms with Crippen molar-refractivity contribution >= 4 is 0 Å². The molecule has 1 saturated heterocycles. The molecule has 1 heterocycles. The molecule has 2 N–H and O–H groups in total. The van der Waals surface area contributed by atoms with E-state index in [2.05, 4.69) is 17.6 Å². The SMILES string of the molecule is CCC1(CNCC2CC3CCCCC3N2)CCC1. The van der Waals surface area contributed by atoms with Crippen LogP contribution in [0.5, 0.6) is 0 Å². The van der Waals surface area contributed by atoms with Crippen LogP contribution in [-0.2, 0) is 0 Å². The van der Waals surface area contributed by atoms with E-state index in [4.69, 9.17) is 0 Å². The first-order chi connectivity index (χ1) is 8.81. The van der Waals surface area contributed by atoms with Crippen LogP contribution in [0.1, 0.15) is 64.7 Å². The highest BCUT2D eigenvalue weighted by atomic mass is 15.0. The van der Waals surface area contributed by atoms with Crippen LogP contribution in [-0.4, -0.2) is 25.2 Å². The molecule has 0 aromatic carbocycles. The molecule has 3 fully saturated rings. The van der Waals surface area contributed by atoms with E-state index in [1.807, 2.05) is 0 Å². The molecule has 18 heavy (non-hydrogen) atoms. The second kappa shape index (κ2) is 5.50. The molecule has 3 rings (SSSR count). The van der Waals surface area contributed by atoms with Crippen LogP contribution in [0.4, 0.5) is 0 Å². The average Bonchev–Trinajstić information content (AvgIpc) is 2.75. The zero-order valence-electron chi connectivity index (χ0n) is 12.0. The first kappa shape index (κ1) is 12.9. The molecular weight excluding hydrogens is 220 g/mol. The predicted molar refractivity (Wildman–Crippen MR) is 76.7 cm³/mol. The van der Waals surface area contributed by atoms with E-state index in [0.29, 0.717) is 5.41 Å². The van der Waals surface area contributed by atoms with E-state index in [1.165, 1.54) is 70.9 Å². The van der Waals surface area contributed by atoms with Gasteiger partial charge in [0.05, 0.1) is 0 Å². The summed E-state index contributed by atoms with van der Waals surface area (Å²) in [5.41, 5.74) is 0.672. The number of nitrogens with one attached hydrogen (secondary N) is 2. The van der Waals surface area contributed by atoms with Gasteiger partial charge in [0.1, 0.15) is 0 Å². The highest BCUT2D eigenvalue weighted by molar-refractivity contribution is 4.94. The topological polar surface area (TPSA) is 24.1 Å². The molecule has 3 unspecified atom stereocenters. The number of fused-ring (bicyclic) bond motifs is 1. The summed E-state index contributed by atoms with van der Waals surface area (Å²) in [7, 11) is 0. The largest absolute Gasteiger partial charge is 0.315 e. The molecule has 0 bridgehead atoms. The van der Waals surface area contributed by atoms with E-state index >= 15 is 0 Å². The van der Waals surface area contributed by atoms with Crippen LogP contribution < -0.4 is 10.6 Å². The lowest BCUT2D eigenvalue weighted by Gasteiger charge is -2.41. The summed E-state index contributed by atoms with van der Waals surface area (Å²) in [4.78, 5) is 0. The monoisotopic (exact) mass is 250 g/mol. The molecule has 1 aliphatic heterocycles. The second-order valence-electron chi connectivity index (χ2n) is 7.09. The summed E-state index contributed by atoms with van der Waals surface area (Å²) >= 11 is 0. The van der Waals surface area contributed by atoms with Gasteiger partial charge >= 0.3 is 0 Å². The van der Waals surface area contributed by atoms with Gasteiger partial charge in [-0.05, 0) is 49.9 Å². The standard InChI is InChI=1S/C16H30N2/c1-2-16(8-5-9-16)12-17-11-14-10-13-6-3-4-7-15(13)18-14/h13-15,17-18H,2-12H2,1H3. The highest BCUT2D eigenvalue weighted by Gasteiger charge is 2.37. The number of hydrogen-bond acceptors (Lipinski definition) is 2. The molecule has 3 atom stereocenters. The summed E-state index contributed by atoms with van der Waals surface area (Å²) in [5, 5.41) is 7.64. The molecule has 2 nitrogen and oxygen atoms in total. The molecule has 0 spiro atoms. The Morgan fingerprint density at radius 1 is 1.17 bits per heavy atom. The lowest BCUT2D eigenvalue weighted by atomic mass is 9.67. The fourth-order valence-electron chi connectivity index (χ4n) is 4.43. The van der Waals surface area contributed by atoms with Gasteiger partial charge in [0.15, 0.2) is 0 Å². The van der Waals surface area contributed by atoms with E-state index in [9.17, 15) is 0 Å². The Kier molecular flexibility index (Phi) is 3.95. The van der Waals surface area contributed by atoms with Crippen LogP contribution in [0.3, 0.4) is 0 Å². The van der Waals surface area contributed by atoms with Crippen molar-refractivity contribution in [2.24, 2.45) is 11.3 Å². The average molecular weight is 250 g/mol. The third kappa shape index (κ3) is 2.60. The lowest BCUT2D eigenvalue weighted by Crippen LogP contribution is -2.44. The van der Waals surface area contributed by atoms with E-state index in [0.717, 1.165) is 18.0 Å². The van der Waals surface area contributed by atoms with Crippen LogP contribution in [0, 0.1) is 11.3 Å². The summed E-state index contributed by atoms with van der Waals surface area (Å²) in [6.45, 7) is 4.83. The Bertz CT molecular complexity index is 253. The second-order valence-corrected chi connectivity index (χ2v) is 7.09. The summed E-state index contributed by atoms with van der Waals surface area (Å²) in [6.07, 6.45) is 13.0. The van der Waals surface area contributed by atoms with Crippen molar-refractivity contribution in [2.75, 3.05) is 13.1 Å². The van der Waals surface area contributed by atoms with Crippen molar-refractivity contribution in [3.63, 3.8) is 0 Å². The molecule has 3 aliphatic rings. The maximum Gasteiger partial charge on any atom is 0.0198 e. The lowest BCUT2D eigenvalue weighted by molar-refractivity contribution is 0.123. The fraction of sp³-hybridized carbons (Fsp3) is 1.00. The molecule has 2 saturated carbocycles. The van der Waals surface area contributed by atoms with Crippen LogP contribution in [0.15, 0.2) is 0 Å². The normalized spacial score (nSPS) is 38.2. The molecule has 0 aromatic heterocycles. The fourth-order valence-corrected chi connectivity index (χ4v) is 4.43. The molecule has 2 aliphatic carbocycles. The van der Waals surface area contributed by atoms with E-state index < -0.39 is 0 Å². The predicted octanol–water partition coefficient (Wildman–Crippen LogP) is 3.08. The van der Waals surface area contributed by atoms with Crippen molar-refractivity contribution < 1.29 is 0 Å². The van der Waals surface area contributed by atoms with E-state index in [-0.39, 0.29) is 0 Å². The molecule has 0 aromatic rings. The van der Waals surface area contributed by atoms with Gasteiger partial charge in [0.25, 0.3) is 0 Å². The van der Waals surface area contributed by atoms with Crippen molar-refractivity contribution in [3.8, 4) is 0 Å². The highest BCUT2D eigenvalue weighted by Crippen LogP contribution is 2.43. The van der Waals surface area contributed by atoms with Crippen LogP contribution >= 0.6 is 0 Å². The summed E-state index contributed by atoms with van der Waals surface area (Å²) in [6, 6.07) is 1.61. The minimum absolute atomic E-state index is 0.672. The maximum atomic E-state index is 3.87. The first-order valence-electron chi connectivity index (χ1n) is 8.28. The minimum atomic E-state index is 0.672. The first-order valence-corrected chi connectivity index (χ1v) is 8.28. The summed E-state index contributed by atoms with van der Waals surface area (Å²) < 4.78 is 0. The Morgan fingerprint density at radius 3 is 2.67 bits per heavy atom. The Morgan fingerprint density at radius 2 is 2.00 bits per heavy atom. The molecule has 0 radical (unpaired) electrons. The Balaban J connectivity index is 1.39. The minimum Gasteiger partial charge on any atom is -0.315 e. The van der Waals surface area contributed by atoms with Crippen LogP contribution in [0.2, 0.25) is 0 Å². The molecule has 0 amide bonds. The van der Waals surface area contributed by atoms with Gasteiger partial charge in [-0.3, -0.25) is 0 Å². The summed E-state index contributed by atoms with van der Waals surface area (Å²) in [5.74, 6) is 0.995. The molecular formula is C16H30N2. The zero-order valence-corrected chi connectivity index (χ0v) is 12.0. The van der Waals surface area contributed by atoms with Crippen molar-refractivity contribution in [1.82, 2.24) is 10.6 Å². The van der Waals surface area contributed by atoms with Gasteiger partial charge in [0.2, 0.25) is 0 Å². The number of rotatable bonds is 5. The van der Waals surface area contributed by atoms with Crippen LogP contribution in [0.25, 0.3) is 0 Å². The smallest absolute Gasteiger partial charge is 0.0198 e. The molecule has 2 heteroatoms. The third-order valence-electron chi connectivity index (χ3n) is 6.00. The van der Waals surface area contributed by atoms with E-state index in [1.54, 1.807) is 0 Å². The number of hydrogen-bond donors (Lipinski definition) is 2. The van der Waals surface area contributed by atoms with Gasteiger partial charge < -0.3 is 10.6 Å². The van der Waals surface area contributed by atoms with Gasteiger partial charge in [-0.25, -0.2) is 0 Å². The van der Waals surface area contributed by atoms with Gasteiger partial charge in [0, 0.05) is 25.2 Å². The van der Waals surface area contributed by atoms with Crippen molar-refractivity contribution in [1.29, 1.82) is 0 Å². The maximum absolute atomic E-state index is 3.87.